The van der Waals surface area contributed by atoms with Crippen molar-refractivity contribution >= 4 is 58.4 Å². The van der Waals surface area contributed by atoms with Gasteiger partial charge in [0.2, 0.25) is 0 Å². The van der Waals surface area contributed by atoms with Gasteiger partial charge in [-0.3, -0.25) is 19.8 Å². The van der Waals surface area contributed by atoms with Gasteiger partial charge in [0, 0.05) is 20.2 Å². The predicted octanol–water partition coefficient (Wildman–Crippen LogP) is 2.97. The maximum absolute atomic E-state index is 13.4. The van der Waals surface area contributed by atoms with Gasteiger partial charge >= 0.3 is 0 Å². The van der Waals surface area contributed by atoms with Gasteiger partial charge in [0.15, 0.2) is 11.0 Å². The van der Waals surface area contributed by atoms with Crippen molar-refractivity contribution in [3.8, 4) is 0 Å². The molecular weight excluding hydrogens is 381 g/mol. The van der Waals surface area contributed by atoms with Crippen LogP contribution in [0.3, 0.4) is 0 Å². The summed E-state index contributed by atoms with van der Waals surface area (Å²) in [6.07, 6.45) is 1.32. The Labute approximate surface area is 158 Å². The van der Waals surface area contributed by atoms with Gasteiger partial charge in [0.25, 0.3) is 11.8 Å². The molecule has 1 aliphatic heterocycles. The van der Waals surface area contributed by atoms with E-state index in [1.54, 1.807) is 31.1 Å². The van der Waals surface area contributed by atoms with Crippen LogP contribution in [0.25, 0.3) is 6.08 Å². The second-order valence-corrected chi connectivity index (χ2v) is 6.42. The first-order valence-corrected chi connectivity index (χ1v) is 8.20. The Bertz CT molecular complexity index is 954. The molecule has 26 heavy (non-hydrogen) atoms. The number of halogens is 2. The van der Waals surface area contributed by atoms with Crippen molar-refractivity contribution in [2.24, 2.45) is 0 Å². The third-order valence-corrected chi connectivity index (χ3v) is 4.18. The lowest BCUT2D eigenvalue weighted by Gasteiger charge is -2.28. The summed E-state index contributed by atoms with van der Waals surface area (Å²) in [6, 6.07) is 7.06. The number of nitrogens with one attached hydrogen (secondary N) is 1. The average Bonchev–Trinajstić information content (AvgIpc) is 3.03. The normalized spacial score (nSPS) is 16.2. The number of thiocarbonyl (C=S) groups is 1. The largest absolute Gasteiger partial charge is 0.441 e. The van der Waals surface area contributed by atoms with E-state index in [-0.39, 0.29) is 21.4 Å². The lowest BCUT2D eigenvalue weighted by Crippen LogP contribution is -2.54. The number of nitrogens with zero attached hydrogens (tertiary/aromatic N) is 2. The molecule has 1 fully saturated rings. The third kappa shape index (κ3) is 3.33. The number of hydrogen-bond acceptors (Lipinski definition) is 5. The van der Waals surface area contributed by atoms with E-state index in [2.05, 4.69) is 5.32 Å². The van der Waals surface area contributed by atoms with Gasteiger partial charge in [-0.15, -0.1) is 0 Å². The summed E-state index contributed by atoms with van der Waals surface area (Å²) in [4.78, 5) is 27.8. The SMILES string of the molecule is CN(C)c1ccc(/C=C2/C(=O)NC(=S)N(c3ccc(F)c(Cl)c3)C2=O)o1. The number of amides is 2. The van der Waals surface area contributed by atoms with Crippen molar-refractivity contribution < 1.29 is 18.4 Å². The highest BCUT2D eigenvalue weighted by molar-refractivity contribution is 7.80. The Morgan fingerprint density at radius 3 is 2.62 bits per heavy atom. The second kappa shape index (κ2) is 6.89. The molecule has 3 rings (SSSR count). The van der Waals surface area contributed by atoms with E-state index < -0.39 is 17.6 Å². The summed E-state index contributed by atoms with van der Waals surface area (Å²) in [5.74, 6) is -1.04. The number of furan rings is 1. The fourth-order valence-electron chi connectivity index (χ4n) is 2.32. The molecule has 1 N–H and O–H groups in total. The number of carbonyl (C=O) groups is 2. The fourth-order valence-corrected chi connectivity index (χ4v) is 2.77. The minimum Gasteiger partial charge on any atom is -0.441 e. The van der Waals surface area contributed by atoms with Crippen molar-refractivity contribution in [2.75, 3.05) is 23.9 Å². The zero-order valence-electron chi connectivity index (χ0n) is 13.7. The summed E-state index contributed by atoms with van der Waals surface area (Å²) in [7, 11) is 3.60. The van der Waals surface area contributed by atoms with E-state index in [9.17, 15) is 14.0 Å². The molecular formula is C17H13ClFN3O3S. The van der Waals surface area contributed by atoms with Gasteiger partial charge in [0.05, 0.1) is 10.7 Å². The molecule has 1 aromatic carbocycles. The quantitative estimate of drug-likeness (QED) is 0.493. The van der Waals surface area contributed by atoms with Crippen LogP contribution in [0.15, 0.2) is 40.3 Å². The number of anilines is 2. The van der Waals surface area contributed by atoms with E-state index in [1.165, 1.54) is 18.2 Å². The maximum Gasteiger partial charge on any atom is 0.270 e. The van der Waals surface area contributed by atoms with E-state index >= 15 is 0 Å². The van der Waals surface area contributed by atoms with Crippen LogP contribution in [0.4, 0.5) is 16.0 Å². The molecule has 2 heterocycles. The zero-order chi connectivity index (χ0) is 19.0. The molecule has 6 nitrogen and oxygen atoms in total. The van der Waals surface area contributed by atoms with Crippen LogP contribution in [0.1, 0.15) is 5.76 Å². The van der Waals surface area contributed by atoms with Gasteiger partial charge in [-0.1, -0.05) is 11.6 Å². The van der Waals surface area contributed by atoms with Crippen LogP contribution >= 0.6 is 23.8 Å². The van der Waals surface area contributed by atoms with Crippen LogP contribution in [0.2, 0.25) is 5.02 Å². The fraction of sp³-hybridized carbons (Fsp3) is 0.118. The lowest BCUT2D eigenvalue weighted by molar-refractivity contribution is -0.122. The van der Waals surface area contributed by atoms with Crippen molar-refractivity contribution in [2.45, 2.75) is 0 Å². The highest BCUT2D eigenvalue weighted by Gasteiger charge is 2.35. The van der Waals surface area contributed by atoms with Crippen molar-refractivity contribution in [3.63, 3.8) is 0 Å². The smallest absolute Gasteiger partial charge is 0.270 e. The molecule has 0 aliphatic carbocycles. The first-order valence-electron chi connectivity index (χ1n) is 7.41. The topological polar surface area (TPSA) is 65.8 Å². The predicted molar refractivity (Wildman–Crippen MR) is 101 cm³/mol. The Morgan fingerprint density at radius 2 is 2.00 bits per heavy atom. The first kappa shape index (κ1) is 18.1. The molecule has 0 saturated carbocycles. The van der Waals surface area contributed by atoms with E-state index in [0.717, 1.165) is 11.0 Å². The average molecular weight is 394 g/mol. The summed E-state index contributed by atoms with van der Waals surface area (Å²) < 4.78 is 18.9. The zero-order valence-corrected chi connectivity index (χ0v) is 15.3. The number of carbonyl (C=O) groups excluding carboxylic acids is 2. The van der Waals surface area contributed by atoms with Gasteiger partial charge in [0.1, 0.15) is 17.2 Å². The second-order valence-electron chi connectivity index (χ2n) is 5.63. The van der Waals surface area contributed by atoms with Gasteiger partial charge in [-0.25, -0.2) is 4.39 Å². The minimum absolute atomic E-state index is 0.117. The third-order valence-electron chi connectivity index (χ3n) is 3.60. The molecule has 0 unspecified atom stereocenters. The molecule has 0 bridgehead atoms. The molecule has 134 valence electrons. The van der Waals surface area contributed by atoms with Crippen LogP contribution < -0.4 is 15.1 Å². The maximum atomic E-state index is 13.4. The Hall–Kier alpha value is -2.71. The van der Waals surface area contributed by atoms with Crippen LogP contribution in [0.5, 0.6) is 0 Å². The number of rotatable bonds is 3. The van der Waals surface area contributed by atoms with Crippen molar-refractivity contribution in [3.05, 3.63) is 52.5 Å². The van der Waals surface area contributed by atoms with Gasteiger partial charge in [-0.05, 0) is 42.6 Å². The molecule has 2 amide bonds. The van der Waals surface area contributed by atoms with Gasteiger partial charge < -0.3 is 9.32 Å². The lowest BCUT2D eigenvalue weighted by atomic mass is 10.1. The standard InChI is InChI=1S/C17H13ClFN3O3S/c1-21(2)14-6-4-10(25-14)8-11-15(23)20-17(26)22(16(11)24)9-3-5-13(19)12(18)7-9/h3-8H,1-2H3,(H,20,23,26)/b11-8-. The molecule has 0 radical (unpaired) electrons. The number of hydrogen-bond donors (Lipinski definition) is 1. The summed E-state index contributed by atoms with van der Waals surface area (Å²) in [5.41, 5.74) is 0.0735. The van der Waals surface area contributed by atoms with Crippen molar-refractivity contribution in [1.29, 1.82) is 0 Å². The highest BCUT2D eigenvalue weighted by Crippen LogP contribution is 2.27. The van der Waals surface area contributed by atoms with Gasteiger partial charge in [-0.2, -0.15) is 0 Å². The van der Waals surface area contributed by atoms with E-state index in [1.807, 2.05) is 0 Å². The molecule has 9 heteroatoms. The summed E-state index contributed by atoms with van der Waals surface area (Å²) >= 11 is 10.9. The molecule has 0 spiro atoms. The number of benzene rings is 1. The van der Waals surface area contributed by atoms with Crippen molar-refractivity contribution in [1.82, 2.24) is 5.32 Å². The summed E-state index contributed by atoms with van der Waals surface area (Å²) in [6.45, 7) is 0. The molecule has 0 atom stereocenters. The Morgan fingerprint density at radius 1 is 1.27 bits per heavy atom. The molecule has 1 aliphatic rings. The highest BCUT2D eigenvalue weighted by atomic mass is 35.5. The first-order chi connectivity index (χ1) is 12.3. The van der Waals surface area contributed by atoms with Crippen LogP contribution in [-0.4, -0.2) is 31.0 Å². The molecule has 1 aromatic heterocycles. The van der Waals surface area contributed by atoms with Crippen LogP contribution in [-0.2, 0) is 9.59 Å². The summed E-state index contributed by atoms with van der Waals surface area (Å²) in [5, 5.41) is 2.15. The monoisotopic (exact) mass is 393 g/mol. The van der Waals surface area contributed by atoms with Crippen LogP contribution in [0, 0.1) is 5.82 Å². The van der Waals surface area contributed by atoms with E-state index in [4.69, 9.17) is 28.2 Å². The Kier molecular flexibility index (Phi) is 4.80. The molecule has 1 saturated heterocycles. The Balaban J connectivity index is 1.99. The van der Waals surface area contributed by atoms with E-state index in [0.29, 0.717) is 11.6 Å². The molecule has 2 aromatic rings. The minimum atomic E-state index is -0.663.